The molecular weight excluding hydrogens is 416 g/mol. The minimum atomic E-state index is -0.803. The van der Waals surface area contributed by atoms with Crippen LogP contribution in [-0.4, -0.2) is 24.5 Å². The highest BCUT2D eigenvalue weighted by atomic mass is 35.5. The minimum absolute atomic E-state index is 0.252. The molecule has 3 rings (SSSR count). The summed E-state index contributed by atoms with van der Waals surface area (Å²) in [6.45, 7) is 3.18. The molecule has 0 aliphatic heterocycles. The van der Waals surface area contributed by atoms with Gasteiger partial charge in [-0.3, -0.25) is 20.4 Å². The van der Waals surface area contributed by atoms with Gasteiger partial charge in [0.2, 0.25) is 0 Å². The lowest BCUT2D eigenvalue weighted by Gasteiger charge is -2.15. The lowest BCUT2D eigenvalue weighted by Crippen LogP contribution is -2.48. The van der Waals surface area contributed by atoms with Crippen LogP contribution in [0.5, 0.6) is 11.5 Å². The quantitative estimate of drug-likeness (QED) is 0.539. The van der Waals surface area contributed by atoms with E-state index in [1.54, 1.807) is 37.3 Å². The van der Waals surface area contributed by atoms with E-state index in [1.165, 1.54) is 0 Å². The van der Waals surface area contributed by atoms with Crippen molar-refractivity contribution < 1.29 is 19.1 Å². The molecule has 2 amide bonds. The molecule has 1 unspecified atom stereocenters. The maximum atomic E-state index is 12.2. The van der Waals surface area contributed by atoms with Crippen LogP contribution in [0.1, 0.15) is 12.5 Å². The van der Waals surface area contributed by atoms with Crippen LogP contribution >= 0.6 is 11.6 Å². The van der Waals surface area contributed by atoms with Gasteiger partial charge in [0, 0.05) is 5.02 Å². The van der Waals surface area contributed by atoms with Crippen LogP contribution in [-0.2, 0) is 9.59 Å². The Bertz CT molecular complexity index is 1040. The fraction of sp³-hybridized carbons (Fsp3) is 0.167. The second-order valence-electron chi connectivity index (χ2n) is 6.89. The van der Waals surface area contributed by atoms with Gasteiger partial charge < -0.3 is 9.47 Å². The number of carbonyl (C=O) groups is 2. The zero-order valence-corrected chi connectivity index (χ0v) is 18.0. The average molecular weight is 439 g/mol. The molecule has 160 valence electrons. The molecule has 31 heavy (non-hydrogen) atoms. The van der Waals surface area contributed by atoms with Gasteiger partial charge in [-0.2, -0.15) is 0 Å². The summed E-state index contributed by atoms with van der Waals surface area (Å²) in [4.78, 5) is 24.1. The van der Waals surface area contributed by atoms with E-state index in [-0.39, 0.29) is 6.61 Å². The number of hydrogen-bond donors (Lipinski definition) is 2. The number of rotatable bonds is 7. The van der Waals surface area contributed by atoms with Crippen molar-refractivity contribution >= 4 is 23.4 Å². The Hall–Kier alpha value is -3.51. The van der Waals surface area contributed by atoms with Gasteiger partial charge in [0.15, 0.2) is 12.7 Å². The fourth-order valence-electron chi connectivity index (χ4n) is 2.74. The minimum Gasteiger partial charge on any atom is -0.484 e. The molecule has 0 spiro atoms. The molecule has 0 aliphatic rings. The van der Waals surface area contributed by atoms with Crippen molar-refractivity contribution in [3.05, 3.63) is 83.4 Å². The van der Waals surface area contributed by atoms with Crippen molar-refractivity contribution in [1.82, 2.24) is 10.9 Å². The van der Waals surface area contributed by atoms with Gasteiger partial charge in [0.05, 0.1) is 0 Å². The average Bonchev–Trinajstić information content (AvgIpc) is 2.79. The molecule has 1 atom stereocenters. The first kappa shape index (κ1) is 22.2. The largest absolute Gasteiger partial charge is 0.484 e. The van der Waals surface area contributed by atoms with Crippen LogP contribution in [0.2, 0.25) is 5.02 Å². The van der Waals surface area contributed by atoms with Crippen LogP contribution in [0.25, 0.3) is 11.1 Å². The molecule has 0 bridgehead atoms. The molecule has 3 aromatic rings. The van der Waals surface area contributed by atoms with Crippen LogP contribution in [0.15, 0.2) is 72.8 Å². The number of halogens is 1. The molecule has 6 nitrogen and oxygen atoms in total. The third-order valence-electron chi connectivity index (χ3n) is 4.47. The molecule has 0 saturated carbocycles. The van der Waals surface area contributed by atoms with E-state index in [1.807, 2.05) is 49.4 Å². The molecule has 0 aromatic heterocycles. The predicted molar refractivity (Wildman–Crippen MR) is 120 cm³/mol. The van der Waals surface area contributed by atoms with Gasteiger partial charge in [0.1, 0.15) is 11.5 Å². The topological polar surface area (TPSA) is 76.7 Å². The lowest BCUT2D eigenvalue weighted by atomic mass is 10.1. The summed E-state index contributed by atoms with van der Waals surface area (Å²) < 4.78 is 11.0. The first-order chi connectivity index (χ1) is 14.9. The zero-order chi connectivity index (χ0) is 22.2. The Kier molecular flexibility index (Phi) is 7.51. The Morgan fingerprint density at radius 1 is 0.903 bits per heavy atom. The molecule has 0 aliphatic carbocycles. The van der Waals surface area contributed by atoms with E-state index in [0.29, 0.717) is 16.5 Å². The van der Waals surface area contributed by atoms with E-state index < -0.39 is 17.9 Å². The normalized spacial score (nSPS) is 11.3. The van der Waals surface area contributed by atoms with Crippen LogP contribution in [0.3, 0.4) is 0 Å². The van der Waals surface area contributed by atoms with Crippen molar-refractivity contribution in [1.29, 1.82) is 0 Å². The van der Waals surface area contributed by atoms with Crippen molar-refractivity contribution in [3.63, 3.8) is 0 Å². The molecule has 0 heterocycles. The summed E-state index contributed by atoms with van der Waals surface area (Å²) >= 11 is 5.96. The first-order valence-corrected chi connectivity index (χ1v) is 10.1. The summed E-state index contributed by atoms with van der Waals surface area (Å²) in [5.41, 5.74) is 7.63. The number of benzene rings is 3. The van der Waals surface area contributed by atoms with Gasteiger partial charge in [-0.25, -0.2) is 0 Å². The van der Waals surface area contributed by atoms with Gasteiger partial charge in [-0.1, -0.05) is 54.1 Å². The van der Waals surface area contributed by atoms with E-state index in [9.17, 15) is 9.59 Å². The molecule has 0 radical (unpaired) electrons. The first-order valence-electron chi connectivity index (χ1n) is 9.72. The summed E-state index contributed by atoms with van der Waals surface area (Å²) in [7, 11) is 0. The molecule has 0 saturated heterocycles. The molecular formula is C24H23ClN2O4. The van der Waals surface area contributed by atoms with Crippen molar-refractivity contribution in [2.45, 2.75) is 20.0 Å². The summed E-state index contributed by atoms with van der Waals surface area (Å²) in [5, 5.41) is 0.618. The molecule has 2 N–H and O–H groups in total. The Labute approximate surface area is 186 Å². The number of carbonyl (C=O) groups excluding carboxylic acids is 2. The van der Waals surface area contributed by atoms with Gasteiger partial charge in [-0.15, -0.1) is 0 Å². The summed E-state index contributed by atoms with van der Waals surface area (Å²) in [5.74, 6) is 0.0808. The number of aryl methyl sites for hydroxylation is 1. The van der Waals surface area contributed by atoms with E-state index in [2.05, 4.69) is 10.9 Å². The zero-order valence-electron chi connectivity index (χ0n) is 17.2. The maximum Gasteiger partial charge on any atom is 0.279 e. The number of nitrogens with one attached hydrogen (secondary N) is 2. The maximum absolute atomic E-state index is 12.2. The second-order valence-corrected chi connectivity index (χ2v) is 7.29. The van der Waals surface area contributed by atoms with Gasteiger partial charge in [-0.05, 0) is 60.9 Å². The van der Waals surface area contributed by atoms with Gasteiger partial charge >= 0.3 is 0 Å². The van der Waals surface area contributed by atoms with Crippen molar-refractivity contribution in [2.24, 2.45) is 0 Å². The Morgan fingerprint density at radius 2 is 1.55 bits per heavy atom. The lowest BCUT2D eigenvalue weighted by molar-refractivity contribution is -0.133. The third-order valence-corrected chi connectivity index (χ3v) is 4.89. The van der Waals surface area contributed by atoms with E-state index in [4.69, 9.17) is 21.1 Å². The number of ether oxygens (including phenoxy) is 2. The molecule has 7 heteroatoms. The van der Waals surface area contributed by atoms with Crippen molar-refractivity contribution in [2.75, 3.05) is 6.61 Å². The second kappa shape index (κ2) is 10.5. The Balaban J connectivity index is 1.43. The van der Waals surface area contributed by atoms with E-state index >= 15 is 0 Å². The SMILES string of the molecule is Cc1cc(OCC(=O)NNC(=O)C(C)Oc2ccc(-c3ccccc3)cc2)ccc1Cl. The highest BCUT2D eigenvalue weighted by molar-refractivity contribution is 6.31. The standard InChI is InChI=1S/C24H23ClN2O4/c1-16-14-21(12-13-22(16)25)30-15-23(28)26-27-24(29)17(2)31-20-10-8-19(9-11-20)18-6-4-3-5-7-18/h3-14,17H,15H2,1-2H3,(H,26,28)(H,27,29). The van der Waals surface area contributed by atoms with Gasteiger partial charge in [0.25, 0.3) is 11.8 Å². The monoisotopic (exact) mass is 438 g/mol. The van der Waals surface area contributed by atoms with Crippen molar-refractivity contribution in [3.8, 4) is 22.6 Å². The number of hydrazine groups is 1. The smallest absolute Gasteiger partial charge is 0.279 e. The number of amides is 2. The highest BCUT2D eigenvalue weighted by Crippen LogP contribution is 2.23. The van der Waals surface area contributed by atoms with Crippen LogP contribution in [0.4, 0.5) is 0 Å². The number of hydrogen-bond acceptors (Lipinski definition) is 4. The van der Waals surface area contributed by atoms with Crippen LogP contribution < -0.4 is 20.3 Å². The Morgan fingerprint density at radius 3 is 2.23 bits per heavy atom. The van der Waals surface area contributed by atoms with E-state index in [0.717, 1.165) is 16.7 Å². The highest BCUT2D eigenvalue weighted by Gasteiger charge is 2.15. The predicted octanol–water partition coefficient (Wildman–Crippen LogP) is 4.31. The van der Waals surface area contributed by atoms with Crippen LogP contribution in [0, 0.1) is 6.92 Å². The molecule has 3 aromatic carbocycles. The summed E-state index contributed by atoms with van der Waals surface area (Å²) in [6.07, 6.45) is -0.803. The summed E-state index contributed by atoms with van der Waals surface area (Å²) in [6, 6.07) is 22.5. The molecule has 0 fully saturated rings. The fourth-order valence-corrected chi connectivity index (χ4v) is 2.86. The third kappa shape index (κ3) is 6.49.